The summed E-state index contributed by atoms with van der Waals surface area (Å²) in [5.74, 6) is 0.688. The molecule has 6 rings (SSSR count). The highest BCUT2D eigenvalue weighted by molar-refractivity contribution is 7.07. The lowest BCUT2D eigenvalue weighted by atomic mass is 9.96. The summed E-state index contributed by atoms with van der Waals surface area (Å²) in [6, 6.07) is 26.4. The van der Waals surface area contributed by atoms with Crippen LogP contribution in [0.4, 0.5) is 0 Å². The maximum atomic E-state index is 14.0. The van der Waals surface area contributed by atoms with Gasteiger partial charge in [0.1, 0.15) is 6.61 Å². The van der Waals surface area contributed by atoms with Gasteiger partial charge in [0.2, 0.25) is 0 Å². The summed E-state index contributed by atoms with van der Waals surface area (Å²) in [5, 5.41) is 2.85. The molecule has 0 amide bonds. The molecule has 1 aromatic heterocycles. The second-order valence-electron chi connectivity index (χ2n) is 10.4. The predicted octanol–water partition coefficient (Wildman–Crippen LogP) is 6.58. The lowest BCUT2D eigenvalue weighted by molar-refractivity contribution is -0.139. The van der Waals surface area contributed by atoms with E-state index >= 15 is 0 Å². The van der Waals surface area contributed by atoms with Crippen LogP contribution in [0.3, 0.4) is 0 Å². The fraction of sp³-hybridized carbons (Fsp3) is 0.194. The Balaban J connectivity index is 1.37. The molecule has 1 unspecified atom stereocenters. The molecule has 0 spiro atoms. The van der Waals surface area contributed by atoms with Crippen LogP contribution < -0.4 is 24.4 Å². The van der Waals surface area contributed by atoms with E-state index in [-0.39, 0.29) is 12.2 Å². The first kappa shape index (κ1) is 30.4. The van der Waals surface area contributed by atoms with E-state index in [4.69, 9.17) is 25.8 Å². The first-order valence-corrected chi connectivity index (χ1v) is 15.9. The number of aromatic nitrogens is 1. The number of allylic oxidation sites excluding steroid dienone is 1. The van der Waals surface area contributed by atoms with Gasteiger partial charge < -0.3 is 14.2 Å². The number of carbonyl (C=O) groups excluding carboxylic acids is 1. The molecular weight excluding hydrogens is 608 g/mol. The molecule has 1 aliphatic rings. The van der Waals surface area contributed by atoms with E-state index < -0.39 is 12.0 Å². The quantitative estimate of drug-likeness (QED) is 0.170. The number of carbonyl (C=O) groups is 1. The molecule has 5 aromatic rings. The Morgan fingerprint density at radius 2 is 1.73 bits per heavy atom. The Bertz CT molecular complexity index is 2110. The highest BCUT2D eigenvalue weighted by Crippen LogP contribution is 2.32. The molecule has 0 saturated carbocycles. The molecule has 0 saturated heterocycles. The van der Waals surface area contributed by atoms with Crippen LogP contribution in [0.2, 0.25) is 5.02 Å². The molecule has 228 valence electrons. The number of rotatable bonds is 9. The molecule has 45 heavy (non-hydrogen) atoms. The Hall–Kier alpha value is -4.66. The zero-order chi connectivity index (χ0) is 31.5. The minimum atomic E-state index is -0.705. The van der Waals surface area contributed by atoms with Crippen molar-refractivity contribution in [3.8, 4) is 11.5 Å². The van der Waals surface area contributed by atoms with Crippen molar-refractivity contribution in [2.75, 3.05) is 13.2 Å². The van der Waals surface area contributed by atoms with Crippen LogP contribution in [0.15, 0.2) is 106 Å². The molecule has 0 bridgehead atoms. The molecule has 1 atom stereocenters. The van der Waals surface area contributed by atoms with Gasteiger partial charge in [-0.1, -0.05) is 83.6 Å². The van der Waals surface area contributed by atoms with Gasteiger partial charge in [0.25, 0.3) is 5.56 Å². The number of esters is 1. The molecule has 0 fully saturated rings. The van der Waals surface area contributed by atoms with Crippen molar-refractivity contribution in [1.29, 1.82) is 0 Å². The van der Waals surface area contributed by atoms with Crippen LogP contribution in [0.5, 0.6) is 11.5 Å². The minimum Gasteiger partial charge on any atom is -0.490 e. The van der Waals surface area contributed by atoms with Gasteiger partial charge >= 0.3 is 5.97 Å². The zero-order valence-electron chi connectivity index (χ0n) is 25.1. The van der Waals surface area contributed by atoms with Crippen molar-refractivity contribution in [1.82, 2.24) is 4.57 Å². The topological polar surface area (TPSA) is 79.1 Å². The first-order chi connectivity index (χ1) is 21.9. The second kappa shape index (κ2) is 13.1. The lowest BCUT2D eigenvalue weighted by Gasteiger charge is -2.24. The number of hydrogen-bond donors (Lipinski definition) is 0. The molecule has 9 heteroatoms. The van der Waals surface area contributed by atoms with Gasteiger partial charge in [0.15, 0.2) is 16.3 Å². The lowest BCUT2D eigenvalue weighted by Crippen LogP contribution is -2.39. The SMILES string of the molecule is CCOC(=O)C1=C(C)N=c2sc(=Cc3ccc(OCc4cccc5ccccc45)c(OCC)c3)c(=O)n2C1c1ccc(Cl)cc1. The largest absolute Gasteiger partial charge is 0.490 e. The van der Waals surface area contributed by atoms with E-state index in [1.54, 1.807) is 30.5 Å². The van der Waals surface area contributed by atoms with Gasteiger partial charge in [-0.3, -0.25) is 9.36 Å². The van der Waals surface area contributed by atoms with Crippen LogP contribution in [0.1, 0.15) is 43.5 Å². The third kappa shape index (κ3) is 6.16. The standard InChI is InChI=1S/C36H31ClN2O5S/c1-4-42-30-19-23(13-18-29(30)44-21-26-11-8-10-24-9-6-7-12-28(24)26)20-31-34(40)39-33(25-14-16-27(37)17-15-25)32(35(41)43-5-2)22(3)38-36(39)45-31/h6-20,33H,4-5,21H2,1-3H3. The zero-order valence-corrected chi connectivity index (χ0v) is 26.7. The molecular formula is C36H31ClN2O5S. The maximum Gasteiger partial charge on any atom is 0.338 e. The van der Waals surface area contributed by atoms with E-state index in [9.17, 15) is 9.59 Å². The van der Waals surface area contributed by atoms with Crippen LogP contribution in [0, 0.1) is 0 Å². The molecule has 2 heterocycles. The smallest absolute Gasteiger partial charge is 0.338 e. The number of halogens is 1. The van der Waals surface area contributed by atoms with Crippen LogP contribution in [-0.4, -0.2) is 23.8 Å². The molecule has 0 radical (unpaired) electrons. The third-order valence-corrected chi connectivity index (χ3v) is 8.77. The summed E-state index contributed by atoms with van der Waals surface area (Å²) in [6.07, 6.45) is 1.81. The van der Waals surface area contributed by atoms with E-state index in [1.165, 1.54) is 11.3 Å². The second-order valence-corrected chi connectivity index (χ2v) is 11.9. The highest BCUT2D eigenvalue weighted by atomic mass is 35.5. The minimum absolute atomic E-state index is 0.206. The van der Waals surface area contributed by atoms with Crippen LogP contribution >= 0.6 is 22.9 Å². The fourth-order valence-electron chi connectivity index (χ4n) is 5.48. The van der Waals surface area contributed by atoms with E-state index in [1.807, 2.05) is 61.5 Å². The van der Waals surface area contributed by atoms with E-state index in [0.717, 1.165) is 27.5 Å². The van der Waals surface area contributed by atoms with Crippen LogP contribution in [0.25, 0.3) is 16.8 Å². The number of ether oxygens (including phenoxy) is 3. The normalized spacial score (nSPS) is 14.7. The average Bonchev–Trinajstić information content (AvgIpc) is 3.34. The molecule has 0 N–H and O–H groups in total. The van der Waals surface area contributed by atoms with E-state index in [0.29, 0.717) is 50.3 Å². The average molecular weight is 639 g/mol. The van der Waals surface area contributed by atoms with Crippen molar-refractivity contribution in [3.05, 3.63) is 138 Å². The van der Waals surface area contributed by atoms with Crippen molar-refractivity contribution >= 4 is 45.8 Å². The Kier molecular flexibility index (Phi) is 8.87. The summed E-state index contributed by atoms with van der Waals surface area (Å²) < 4.78 is 19.6. The summed E-state index contributed by atoms with van der Waals surface area (Å²) >= 11 is 7.43. The summed E-state index contributed by atoms with van der Waals surface area (Å²) in [6.45, 7) is 6.46. The van der Waals surface area contributed by atoms with Gasteiger partial charge in [-0.05, 0) is 78.6 Å². The molecule has 4 aromatic carbocycles. The number of thiazole rings is 1. The van der Waals surface area contributed by atoms with E-state index in [2.05, 4.69) is 29.3 Å². The van der Waals surface area contributed by atoms with Crippen LogP contribution in [-0.2, 0) is 16.1 Å². The molecule has 1 aliphatic heterocycles. The Morgan fingerprint density at radius 3 is 2.51 bits per heavy atom. The van der Waals surface area contributed by atoms with Gasteiger partial charge in [-0.25, -0.2) is 9.79 Å². The number of fused-ring (bicyclic) bond motifs is 2. The summed E-state index contributed by atoms with van der Waals surface area (Å²) in [7, 11) is 0. The predicted molar refractivity (Wildman–Crippen MR) is 178 cm³/mol. The Morgan fingerprint density at radius 1 is 0.956 bits per heavy atom. The highest BCUT2D eigenvalue weighted by Gasteiger charge is 2.33. The van der Waals surface area contributed by atoms with Crippen molar-refractivity contribution in [3.63, 3.8) is 0 Å². The van der Waals surface area contributed by atoms with Gasteiger partial charge in [0, 0.05) is 5.02 Å². The number of hydrogen-bond acceptors (Lipinski definition) is 7. The maximum absolute atomic E-state index is 14.0. The third-order valence-electron chi connectivity index (χ3n) is 7.53. The molecule has 0 aliphatic carbocycles. The number of nitrogens with zero attached hydrogens (tertiary/aromatic N) is 2. The van der Waals surface area contributed by atoms with Gasteiger partial charge in [-0.2, -0.15) is 0 Å². The van der Waals surface area contributed by atoms with Crippen molar-refractivity contribution < 1.29 is 19.0 Å². The first-order valence-electron chi connectivity index (χ1n) is 14.7. The Labute approximate surface area is 269 Å². The summed E-state index contributed by atoms with van der Waals surface area (Å²) in [5.41, 5.74) is 3.15. The van der Waals surface area contributed by atoms with Gasteiger partial charge in [-0.15, -0.1) is 0 Å². The number of benzene rings is 4. The van der Waals surface area contributed by atoms with Crippen molar-refractivity contribution in [2.24, 2.45) is 4.99 Å². The summed E-state index contributed by atoms with van der Waals surface area (Å²) in [4.78, 5) is 32.2. The monoisotopic (exact) mass is 638 g/mol. The van der Waals surface area contributed by atoms with Gasteiger partial charge in [0.05, 0.1) is 35.1 Å². The molecule has 7 nitrogen and oxygen atoms in total. The van der Waals surface area contributed by atoms with Crippen molar-refractivity contribution in [2.45, 2.75) is 33.4 Å². The fourth-order valence-corrected chi connectivity index (χ4v) is 6.65.